The highest BCUT2D eigenvalue weighted by Crippen LogP contribution is 2.46. The van der Waals surface area contributed by atoms with Gasteiger partial charge in [-0.15, -0.1) is 5.10 Å². The summed E-state index contributed by atoms with van der Waals surface area (Å²) in [5.41, 5.74) is 12.0. The number of aromatic amines is 1. The molecule has 0 spiro atoms. The van der Waals surface area contributed by atoms with Crippen LogP contribution >= 0.6 is 0 Å². The van der Waals surface area contributed by atoms with Crippen LogP contribution in [0.4, 0.5) is 0 Å². The van der Waals surface area contributed by atoms with E-state index in [1.165, 1.54) is 5.56 Å². The fourth-order valence-electron chi connectivity index (χ4n) is 4.31. The molecule has 0 bridgehead atoms. The molecule has 0 fully saturated rings. The third-order valence-electron chi connectivity index (χ3n) is 6.00. The molecule has 0 saturated carbocycles. The number of nitrogens with one attached hydrogen (secondary N) is 1. The Morgan fingerprint density at radius 3 is 2.60 bits per heavy atom. The summed E-state index contributed by atoms with van der Waals surface area (Å²) in [7, 11) is 1.62. The second-order valence-corrected chi connectivity index (χ2v) is 8.32. The maximum Gasteiger partial charge on any atom is 0.244 e. The standard InChI is InChI=1S/C28H24N4O3/c1-17-5-3-6-18(13-17)16-34-22-8-4-7-20(14-22)24-23(15-29)27(30)35-28-25(24)26(31-32-28)19-9-11-21(33-2)12-10-19/h3-14,24H,16,30H2,1-2H3,(H,31,32)/t24-/m0/s1. The van der Waals surface area contributed by atoms with Crippen LogP contribution in [0.15, 0.2) is 84.3 Å². The molecule has 1 aliphatic heterocycles. The Labute approximate surface area is 203 Å². The molecule has 0 aliphatic carbocycles. The highest BCUT2D eigenvalue weighted by Gasteiger charge is 2.35. The molecule has 174 valence electrons. The van der Waals surface area contributed by atoms with E-state index in [2.05, 4.69) is 35.3 Å². The maximum absolute atomic E-state index is 9.99. The van der Waals surface area contributed by atoms with Crippen LogP contribution in [0, 0.1) is 18.3 Å². The van der Waals surface area contributed by atoms with Gasteiger partial charge in [-0.25, -0.2) is 0 Å². The zero-order valence-electron chi connectivity index (χ0n) is 19.4. The first-order valence-electron chi connectivity index (χ1n) is 11.2. The zero-order chi connectivity index (χ0) is 24.4. The Hall–Kier alpha value is -4.70. The van der Waals surface area contributed by atoms with Crippen LogP contribution in [0.3, 0.4) is 0 Å². The molecule has 1 aromatic heterocycles. The van der Waals surface area contributed by atoms with Crippen LogP contribution in [0.5, 0.6) is 17.4 Å². The van der Waals surface area contributed by atoms with Crippen LogP contribution in [0.25, 0.3) is 11.3 Å². The number of nitriles is 1. The van der Waals surface area contributed by atoms with E-state index in [1.54, 1.807) is 7.11 Å². The fraction of sp³-hybridized carbons (Fsp3) is 0.143. The molecule has 7 nitrogen and oxygen atoms in total. The Morgan fingerprint density at radius 2 is 1.86 bits per heavy atom. The lowest BCUT2D eigenvalue weighted by Gasteiger charge is -2.24. The lowest BCUT2D eigenvalue weighted by Crippen LogP contribution is -2.21. The van der Waals surface area contributed by atoms with E-state index in [4.69, 9.17) is 19.9 Å². The molecule has 0 amide bonds. The van der Waals surface area contributed by atoms with Gasteiger partial charge >= 0.3 is 0 Å². The van der Waals surface area contributed by atoms with Gasteiger partial charge < -0.3 is 19.9 Å². The number of benzene rings is 3. The maximum atomic E-state index is 9.99. The van der Waals surface area contributed by atoms with Crippen molar-refractivity contribution in [3.63, 3.8) is 0 Å². The molecule has 0 saturated heterocycles. The molecule has 2 heterocycles. The first-order valence-corrected chi connectivity index (χ1v) is 11.2. The molecule has 1 aliphatic rings. The Kier molecular flexibility index (Phi) is 5.86. The minimum absolute atomic E-state index is 0.0452. The normalized spacial score (nSPS) is 14.6. The second-order valence-electron chi connectivity index (χ2n) is 8.32. The molecule has 0 unspecified atom stereocenters. The van der Waals surface area contributed by atoms with Gasteiger partial charge in [0.15, 0.2) is 0 Å². The third-order valence-corrected chi connectivity index (χ3v) is 6.00. The molecular formula is C28H24N4O3. The van der Waals surface area contributed by atoms with Gasteiger partial charge in [-0.05, 0) is 54.4 Å². The first kappa shape index (κ1) is 22.1. The molecule has 7 heteroatoms. The summed E-state index contributed by atoms with van der Waals surface area (Å²) in [6.45, 7) is 2.49. The van der Waals surface area contributed by atoms with Gasteiger partial charge in [0.1, 0.15) is 29.7 Å². The fourth-order valence-corrected chi connectivity index (χ4v) is 4.31. The predicted octanol–water partition coefficient (Wildman–Crippen LogP) is 5.19. The summed E-state index contributed by atoms with van der Waals surface area (Å²) in [5, 5.41) is 17.4. The van der Waals surface area contributed by atoms with Gasteiger partial charge in [-0.1, -0.05) is 42.0 Å². The molecule has 1 atom stereocenters. The second kappa shape index (κ2) is 9.27. The van der Waals surface area contributed by atoms with E-state index in [0.29, 0.717) is 23.8 Å². The van der Waals surface area contributed by atoms with Gasteiger partial charge in [0.25, 0.3) is 0 Å². The highest BCUT2D eigenvalue weighted by molar-refractivity contribution is 5.71. The Morgan fingerprint density at radius 1 is 1.06 bits per heavy atom. The third kappa shape index (κ3) is 4.30. The van der Waals surface area contributed by atoms with Gasteiger partial charge in [0, 0.05) is 5.56 Å². The van der Waals surface area contributed by atoms with Crippen molar-refractivity contribution in [1.82, 2.24) is 10.2 Å². The molecule has 0 radical (unpaired) electrons. The topological polar surface area (TPSA) is 106 Å². The molecule has 5 rings (SSSR count). The van der Waals surface area contributed by atoms with Gasteiger partial charge in [-0.3, -0.25) is 5.10 Å². The Balaban J connectivity index is 1.53. The van der Waals surface area contributed by atoms with E-state index in [9.17, 15) is 5.26 Å². The van der Waals surface area contributed by atoms with E-state index in [0.717, 1.165) is 33.7 Å². The number of ether oxygens (including phenoxy) is 3. The average Bonchev–Trinajstić information content (AvgIpc) is 3.30. The summed E-state index contributed by atoms with van der Waals surface area (Å²) in [6.07, 6.45) is 0. The highest BCUT2D eigenvalue weighted by atomic mass is 16.5. The monoisotopic (exact) mass is 464 g/mol. The van der Waals surface area contributed by atoms with Gasteiger partial charge in [0.05, 0.1) is 24.3 Å². The number of nitrogens with two attached hydrogens (primary N) is 1. The number of nitrogens with zero attached hydrogens (tertiary/aromatic N) is 2. The molecular weight excluding hydrogens is 440 g/mol. The first-order chi connectivity index (χ1) is 17.1. The van der Waals surface area contributed by atoms with Crippen molar-refractivity contribution in [2.24, 2.45) is 5.73 Å². The number of methoxy groups -OCH3 is 1. The molecule has 3 N–H and O–H groups in total. The number of H-pyrrole nitrogens is 1. The lowest BCUT2D eigenvalue weighted by molar-refractivity contribution is 0.305. The van der Waals surface area contributed by atoms with E-state index < -0.39 is 5.92 Å². The van der Waals surface area contributed by atoms with Crippen LogP contribution in [-0.4, -0.2) is 17.3 Å². The van der Waals surface area contributed by atoms with Crippen molar-refractivity contribution in [2.45, 2.75) is 19.4 Å². The van der Waals surface area contributed by atoms with Crippen LogP contribution in [-0.2, 0) is 6.61 Å². The number of aryl methyl sites for hydroxylation is 1. The summed E-state index contributed by atoms with van der Waals surface area (Å²) in [5.74, 6) is 1.37. The number of aromatic nitrogens is 2. The number of hydrogen-bond donors (Lipinski definition) is 2. The van der Waals surface area contributed by atoms with Crippen molar-refractivity contribution in [3.05, 3.63) is 107 Å². The van der Waals surface area contributed by atoms with Crippen molar-refractivity contribution in [1.29, 1.82) is 5.26 Å². The predicted molar refractivity (Wildman–Crippen MR) is 132 cm³/mol. The summed E-state index contributed by atoms with van der Waals surface area (Å²) < 4.78 is 17.1. The van der Waals surface area contributed by atoms with Gasteiger partial charge in [0.2, 0.25) is 11.8 Å². The summed E-state index contributed by atoms with van der Waals surface area (Å²) in [4.78, 5) is 0. The minimum Gasteiger partial charge on any atom is -0.497 e. The SMILES string of the molecule is COc1ccc(-c2[nH]nc3c2[C@@H](c2cccc(OCc4cccc(C)c4)c2)C(C#N)=C(N)O3)cc1. The summed E-state index contributed by atoms with van der Waals surface area (Å²) in [6, 6.07) is 25.7. The lowest BCUT2D eigenvalue weighted by atomic mass is 9.83. The number of allylic oxidation sites excluding steroid dienone is 1. The number of hydrogen-bond acceptors (Lipinski definition) is 6. The van der Waals surface area contributed by atoms with E-state index in [-0.39, 0.29) is 5.88 Å². The Bertz CT molecular complexity index is 1450. The van der Waals surface area contributed by atoms with Crippen LogP contribution < -0.4 is 19.9 Å². The number of fused-ring (bicyclic) bond motifs is 1. The van der Waals surface area contributed by atoms with Gasteiger partial charge in [-0.2, -0.15) is 5.26 Å². The quantitative estimate of drug-likeness (QED) is 0.407. The van der Waals surface area contributed by atoms with Crippen molar-refractivity contribution < 1.29 is 14.2 Å². The van der Waals surface area contributed by atoms with E-state index in [1.807, 2.05) is 60.7 Å². The minimum atomic E-state index is -0.470. The molecule has 4 aromatic rings. The van der Waals surface area contributed by atoms with Crippen molar-refractivity contribution in [2.75, 3.05) is 7.11 Å². The van der Waals surface area contributed by atoms with Crippen LogP contribution in [0.2, 0.25) is 0 Å². The number of rotatable bonds is 6. The summed E-state index contributed by atoms with van der Waals surface area (Å²) >= 11 is 0. The molecule has 35 heavy (non-hydrogen) atoms. The van der Waals surface area contributed by atoms with Crippen molar-refractivity contribution >= 4 is 0 Å². The van der Waals surface area contributed by atoms with Crippen LogP contribution in [0.1, 0.15) is 28.2 Å². The van der Waals surface area contributed by atoms with Crippen molar-refractivity contribution in [3.8, 4) is 34.7 Å². The smallest absolute Gasteiger partial charge is 0.244 e. The zero-order valence-corrected chi connectivity index (χ0v) is 19.4. The molecule has 3 aromatic carbocycles. The largest absolute Gasteiger partial charge is 0.497 e. The van der Waals surface area contributed by atoms with E-state index >= 15 is 0 Å². The average molecular weight is 465 g/mol.